The van der Waals surface area contributed by atoms with Crippen LogP contribution in [0.1, 0.15) is 26.4 Å². The van der Waals surface area contributed by atoms with Crippen LogP contribution in [0, 0.1) is 0 Å². The van der Waals surface area contributed by atoms with Crippen molar-refractivity contribution in [2.24, 2.45) is 0 Å². The van der Waals surface area contributed by atoms with E-state index in [0.29, 0.717) is 0 Å². The van der Waals surface area contributed by atoms with E-state index in [2.05, 4.69) is 45.3 Å². The Balaban J connectivity index is 1.23. The third-order valence-corrected chi connectivity index (χ3v) is 11.2. The van der Waals surface area contributed by atoms with Gasteiger partial charge in [0.25, 0.3) is 15.9 Å². The lowest BCUT2D eigenvalue weighted by molar-refractivity contribution is 0.102. The van der Waals surface area contributed by atoms with Crippen LogP contribution in [0.5, 0.6) is 0 Å². The van der Waals surface area contributed by atoms with Crippen LogP contribution < -0.4 is 10.0 Å². The predicted octanol–water partition coefficient (Wildman–Crippen LogP) is 7.64. The molecule has 0 radical (unpaired) electrons. The van der Waals surface area contributed by atoms with Gasteiger partial charge in [0.05, 0.1) is 26.4 Å². The number of aromatic nitrogens is 1. The number of anilines is 2. The van der Waals surface area contributed by atoms with Crippen LogP contribution in [0.3, 0.4) is 0 Å². The molecule has 2 aromatic heterocycles. The number of nitrogens with zero attached hydrogens (tertiary/aromatic N) is 2. The van der Waals surface area contributed by atoms with Crippen LogP contribution in [0.2, 0.25) is 0 Å². The number of para-hydroxylation sites is 2. The number of carbonyl (C=O) groups is 1. The van der Waals surface area contributed by atoms with Gasteiger partial charge in [0, 0.05) is 30.1 Å². The minimum Gasteiger partial charge on any atom is -0.313 e. The summed E-state index contributed by atoms with van der Waals surface area (Å²) in [6.45, 7) is 2.52. The summed E-state index contributed by atoms with van der Waals surface area (Å²) in [6, 6.07) is 33.3. The summed E-state index contributed by atoms with van der Waals surface area (Å²) < 4.78 is 29.9. The molecular weight excluding hydrogens is 609 g/mol. The molecule has 7 rings (SSSR count). The van der Waals surface area contributed by atoms with E-state index in [1.807, 2.05) is 24.3 Å². The molecule has 0 atom stereocenters. The fourth-order valence-corrected chi connectivity index (χ4v) is 8.97. The van der Waals surface area contributed by atoms with Gasteiger partial charge in [-0.3, -0.25) is 14.4 Å². The normalized spacial score (nSPS) is 13.5. The Morgan fingerprint density at radius 1 is 0.841 bits per heavy atom. The van der Waals surface area contributed by atoms with Gasteiger partial charge < -0.3 is 5.32 Å². The highest BCUT2D eigenvalue weighted by molar-refractivity contribution is 7.92. The molecule has 7 nitrogen and oxygen atoms in total. The third-order valence-electron chi connectivity index (χ3n) is 7.59. The van der Waals surface area contributed by atoms with Crippen LogP contribution in [-0.2, 0) is 29.5 Å². The molecule has 4 aromatic carbocycles. The van der Waals surface area contributed by atoms with Crippen molar-refractivity contribution in [2.45, 2.75) is 24.4 Å². The summed E-state index contributed by atoms with van der Waals surface area (Å²) in [5, 5.41) is 4.74. The van der Waals surface area contributed by atoms with Crippen molar-refractivity contribution >= 4 is 59.5 Å². The number of hydrogen-bond donors (Lipinski definition) is 2. The second-order valence-corrected chi connectivity index (χ2v) is 14.4. The number of fused-ring (bicyclic) bond motifs is 2. The van der Waals surface area contributed by atoms with Gasteiger partial charge in [-0.25, -0.2) is 13.4 Å². The van der Waals surface area contributed by atoms with E-state index >= 15 is 0 Å². The monoisotopic (exact) mass is 636 g/mol. The summed E-state index contributed by atoms with van der Waals surface area (Å²) in [5.41, 5.74) is 4.81. The molecular formula is C34H28N4O3S3. The lowest BCUT2D eigenvalue weighted by atomic mass is 10.0. The fourth-order valence-electron chi connectivity index (χ4n) is 5.47. The maximum absolute atomic E-state index is 13.9. The number of nitrogens with one attached hydrogen (secondary N) is 2. The molecule has 0 aliphatic carbocycles. The van der Waals surface area contributed by atoms with Gasteiger partial charge in [-0.15, -0.1) is 22.7 Å². The van der Waals surface area contributed by atoms with E-state index in [1.165, 1.54) is 28.1 Å². The summed E-state index contributed by atoms with van der Waals surface area (Å²) in [7, 11) is -3.88. The van der Waals surface area contributed by atoms with Crippen molar-refractivity contribution in [2.75, 3.05) is 16.6 Å². The average molecular weight is 637 g/mol. The molecule has 0 fully saturated rings. The molecule has 3 heterocycles. The Kier molecular flexibility index (Phi) is 7.73. The van der Waals surface area contributed by atoms with Gasteiger partial charge in [-0.1, -0.05) is 72.8 Å². The molecule has 10 heteroatoms. The summed E-state index contributed by atoms with van der Waals surface area (Å²) in [4.78, 5) is 22.6. The van der Waals surface area contributed by atoms with Crippen molar-refractivity contribution in [3.8, 4) is 10.6 Å². The maximum atomic E-state index is 13.9. The highest BCUT2D eigenvalue weighted by Crippen LogP contribution is 2.46. The van der Waals surface area contributed by atoms with Gasteiger partial charge in [-0.2, -0.15) is 0 Å². The molecule has 0 spiro atoms. The first-order valence-corrected chi connectivity index (χ1v) is 17.3. The van der Waals surface area contributed by atoms with Crippen molar-refractivity contribution in [1.82, 2.24) is 9.88 Å². The summed E-state index contributed by atoms with van der Waals surface area (Å²) in [5.74, 6) is -0.390. The predicted molar refractivity (Wildman–Crippen MR) is 179 cm³/mol. The number of sulfonamides is 1. The second-order valence-electron chi connectivity index (χ2n) is 10.6. The Morgan fingerprint density at radius 3 is 2.34 bits per heavy atom. The smallest absolute Gasteiger partial charge is 0.261 e. The molecule has 0 bridgehead atoms. The van der Waals surface area contributed by atoms with Crippen molar-refractivity contribution in [3.63, 3.8) is 0 Å². The highest BCUT2D eigenvalue weighted by Gasteiger charge is 2.29. The Labute approximate surface area is 263 Å². The Hall–Kier alpha value is -4.35. The zero-order valence-corrected chi connectivity index (χ0v) is 26.0. The minimum absolute atomic E-state index is 0.124. The zero-order valence-electron chi connectivity index (χ0n) is 23.6. The molecule has 2 N–H and O–H groups in total. The van der Waals surface area contributed by atoms with E-state index < -0.39 is 15.9 Å². The standard InChI is InChI=1S/C34H28N4O3S3/c39-32(25-15-7-8-16-27(25)37-44(40,41)24-13-5-2-6-14-24)36-34-31(33-35-28-17-9-10-18-29(28)42-33)26-19-20-38(22-30(26)43-34)21-23-11-3-1-4-12-23/h1-18,37H,19-22H2,(H,36,39). The number of amides is 1. The summed E-state index contributed by atoms with van der Waals surface area (Å²) in [6.07, 6.45) is 0.841. The van der Waals surface area contributed by atoms with Gasteiger partial charge in [-0.05, 0) is 53.9 Å². The highest BCUT2D eigenvalue weighted by atomic mass is 32.2. The van der Waals surface area contributed by atoms with Crippen molar-refractivity contribution in [3.05, 3.63) is 131 Å². The first-order valence-electron chi connectivity index (χ1n) is 14.2. The van der Waals surface area contributed by atoms with Gasteiger partial charge >= 0.3 is 0 Å². The molecule has 1 amide bonds. The van der Waals surface area contributed by atoms with Crippen LogP contribution in [-0.4, -0.2) is 30.8 Å². The number of rotatable bonds is 8. The summed E-state index contributed by atoms with van der Waals surface area (Å²) >= 11 is 3.19. The van der Waals surface area contributed by atoms with Gasteiger partial charge in [0.2, 0.25) is 0 Å². The number of thiophene rings is 1. The van der Waals surface area contributed by atoms with Crippen LogP contribution >= 0.6 is 22.7 Å². The molecule has 0 unspecified atom stereocenters. The minimum atomic E-state index is -3.88. The lowest BCUT2D eigenvalue weighted by Crippen LogP contribution is -2.29. The van der Waals surface area contributed by atoms with E-state index in [9.17, 15) is 13.2 Å². The number of benzene rings is 4. The fraction of sp³-hybridized carbons (Fsp3) is 0.118. The van der Waals surface area contributed by atoms with Crippen LogP contribution in [0.25, 0.3) is 20.8 Å². The molecule has 0 saturated heterocycles. The molecule has 0 saturated carbocycles. The molecule has 1 aliphatic rings. The number of hydrogen-bond acceptors (Lipinski definition) is 7. The molecule has 6 aromatic rings. The maximum Gasteiger partial charge on any atom is 0.261 e. The Bertz CT molecular complexity index is 2040. The number of carbonyl (C=O) groups excluding carboxylic acids is 1. The van der Waals surface area contributed by atoms with E-state index in [-0.39, 0.29) is 16.1 Å². The lowest BCUT2D eigenvalue weighted by Gasteiger charge is -2.27. The SMILES string of the molecule is O=C(Nc1sc2c(c1-c1nc3ccccc3s1)CCN(Cc1ccccc1)C2)c1ccccc1NS(=O)(=O)c1ccccc1. The number of thiazole rings is 1. The quantitative estimate of drug-likeness (QED) is 0.179. The van der Waals surface area contributed by atoms with E-state index in [4.69, 9.17) is 4.98 Å². The average Bonchev–Trinajstić information content (AvgIpc) is 3.62. The zero-order chi connectivity index (χ0) is 30.1. The van der Waals surface area contributed by atoms with E-state index in [0.717, 1.165) is 51.8 Å². The first-order chi connectivity index (χ1) is 21.4. The van der Waals surface area contributed by atoms with E-state index in [1.54, 1.807) is 65.1 Å². The van der Waals surface area contributed by atoms with Gasteiger partial charge in [0.1, 0.15) is 10.0 Å². The molecule has 44 heavy (non-hydrogen) atoms. The molecule has 1 aliphatic heterocycles. The van der Waals surface area contributed by atoms with Gasteiger partial charge in [0.15, 0.2) is 0 Å². The van der Waals surface area contributed by atoms with Crippen molar-refractivity contribution in [1.29, 1.82) is 0 Å². The second kappa shape index (κ2) is 12.0. The van der Waals surface area contributed by atoms with Crippen molar-refractivity contribution < 1.29 is 13.2 Å². The van der Waals surface area contributed by atoms with Crippen LogP contribution in [0.15, 0.2) is 114 Å². The third kappa shape index (κ3) is 5.77. The largest absolute Gasteiger partial charge is 0.313 e. The topological polar surface area (TPSA) is 91.4 Å². The Morgan fingerprint density at radius 2 is 1.55 bits per heavy atom. The molecule has 220 valence electrons. The van der Waals surface area contributed by atoms with Crippen LogP contribution in [0.4, 0.5) is 10.7 Å². The first kappa shape index (κ1) is 28.4.